The fourth-order valence-corrected chi connectivity index (χ4v) is 16.9. The normalized spacial score (nSPS) is 10.3. The standard InChI is InChI=1S/3C18H15P.C12H11P.Pd/c3*1-4-10-16(11-5-1)19(17-12-6-2-7-13-17)18-14-8-3-9-15-18;1-3-7-11(8-4-1)13-12-9-5-2-6-10-12;/h3*1-15H;1-10,13H;/p+3. The van der Waals surface area contributed by atoms with Crippen molar-refractivity contribution in [2.75, 3.05) is 0 Å². The van der Waals surface area contributed by atoms with Crippen molar-refractivity contribution < 1.29 is 20.4 Å². The molecule has 11 aromatic rings. The molecule has 0 saturated heterocycles. The Kier molecular flexibility index (Phi) is 22.1. The quantitative estimate of drug-likeness (QED) is 0.0894. The second-order valence-corrected chi connectivity index (χ2v) is 25.1. The molecule has 350 valence electrons. The van der Waals surface area contributed by atoms with Gasteiger partial charge in [0.05, 0.1) is 23.8 Å². The van der Waals surface area contributed by atoms with E-state index < -0.39 is 23.8 Å². The maximum absolute atomic E-state index is 2.24. The molecule has 0 spiro atoms. The average molecular weight is 1080 g/mol. The maximum atomic E-state index is 2.24. The predicted molar refractivity (Wildman–Crippen MR) is 320 cm³/mol. The zero-order valence-electron chi connectivity index (χ0n) is 39.6. The largest absolute Gasteiger partial charge is 0.102 e. The first-order chi connectivity index (χ1) is 34.8. The Morgan fingerprint density at radius 2 is 0.268 bits per heavy atom. The minimum Gasteiger partial charge on any atom is -0.0622 e. The molecule has 0 heterocycles. The molecular weight excluding hydrogens is 1020 g/mol. The van der Waals surface area contributed by atoms with E-state index in [-0.39, 0.29) is 20.4 Å². The van der Waals surface area contributed by atoms with E-state index in [1.165, 1.54) is 58.3 Å². The van der Waals surface area contributed by atoms with E-state index in [1.54, 1.807) is 0 Å². The van der Waals surface area contributed by atoms with Gasteiger partial charge in [0.1, 0.15) is 47.7 Å². The second kappa shape index (κ2) is 29.9. The third kappa shape index (κ3) is 16.4. The van der Waals surface area contributed by atoms with Crippen molar-refractivity contribution in [3.63, 3.8) is 0 Å². The van der Waals surface area contributed by atoms with Crippen LogP contribution in [0.25, 0.3) is 0 Å². The molecule has 0 aliphatic heterocycles. The second-order valence-electron chi connectivity index (χ2n) is 16.3. The molecule has 0 nitrogen and oxygen atoms in total. The number of hydrogen-bond donors (Lipinski definition) is 0. The molecule has 0 aromatic heterocycles. The smallest absolute Gasteiger partial charge is 0.0622 e. The molecule has 0 fully saturated rings. The van der Waals surface area contributed by atoms with Gasteiger partial charge in [-0.1, -0.05) is 233 Å². The molecule has 0 aliphatic rings. The fourth-order valence-electron chi connectivity index (χ4n) is 8.15. The van der Waals surface area contributed by atoms with Gasteiger partial charge >= 0.3 is 0 Å². The van der Waals surface area contributed by atoms with Crippen molar-refractivity contribution in [2.24, 2.45) is 0 Å². The summed E-state index contributed by atoms with van der Waals surface area (Å²) in [5, 5.41) is 15.7. The molecular formula is C66H59P4Pd+3. The van der Waals surface area contributed by atoms with Gasteiger partial charge in [0.25, 0.3) is 0 Å². The molecule has 11 aromatic carbocycles. The van der Waals surface area contributed by atoms with Gasteiger partial charge in [-0.25, -0.2) is 0 Å². The van der Waals surface area contributed by atoms with Crippen molar-refractivity contribution in [3.8, 4) is 0 Å². The molecule has 71 heavy (non-hydrogen) atoms. The van der Waals surface area contributed by atoms with E-state index in [1.807, 2.05) is 0 Å². The van der Waals surface area contributed by atoms with Gasteiger partial charge in [0, 0.05) is 20.4 Å². The fraction of sp³-hybridized carbons (Fsp3) is 0. The molecule has 0 unspecified atom stereocenters. The van der Waals surface area contributed by atoms with Gasteiger partial charge in [-0.15, -0.1) is 0 Å². The van der Waals surface area contributed by atoms with Crippen molar-refractivity contribution >= 4 is 90.7 Å². The van der Waals surface area contributed by atoms with Crippen LogP contribution in [0.1, 0.15) is 0 Å². The third-order valence-corrected chi connectivity index (χ3v) is 20.8. The van der Waals surface area contributed by atoms with Crippen molar-refractivity contribution in [1.82, 2.24) is 0 Å². The zero-order chi connectivity index (χ0) is 47.7. The van der Waals surface area contributed by atoms with Crippen molar-refractivity contribution in [3.05, 3.63) is 334 Å². The van der Waals surface area contributed by atoms with Gasteiger partial charge < -0.3 is 0 Å². The minimum atomic E-state index is -0.877. The first kappa shape index (κ1) is 52.6. The van der Waals surface area contributed by atoms with Crippen LogP contribution in [0.2, 0.25) is 0 Å². The van der Waals surface area contributed by atoms with E-state index in [9.17, 15) is 0 Å². The van der Waals surface area contributed by atoms with Crippen LogP contribution in [0.3, 0.4) is 0 Å². The molecule has 0 N–H and O–H groups in total. The number of rotatable bonds is 11. The summed E-state index contributed by atoms with van der Waals surface area (Å²) in [6, 6.07) is 119. The van der Waals surface area contributed by atoms with Gasteiger partial charge in [0.15, 0.2) is 0 Å². The summed E-state index contributed by atoms with van der Waals surface area (Å²) < 4.78 is 0. The molecule has 0 bridgehead atoms. The van der Waals surface area contributed by atoms with E-state index >= 15 is 0 Å². The van der Waals surface area contributed by atoms with Crippen LogP contribution >= 0.6 is 32.3 Å². The Hall–Kier alpha value is -6.20. The van der Waals surface area contributed by atoms with Gasteiger partial charge in [-0.3, -0.25) is 0 Å². The summed E-state index contributed by atoms with van der Waals surface area (Å²) in [7, 11) is -1.86. The molecule has 0 aliphatic carbocycles. The van der Waals surface area contributed by atoms with E-state index in [2.05, 4.69) is 334 Å². The Labute approximate surface area is 441 Å². The van der Waals surface area contributed by atoms with Crippen LogP contribution in [0.4, 0.5) is 0 Å². The summed E-state index contributed by atoms with van der Waals surface area (Å²) >= 11 is 0. The van der Waals surface area contributed by atoms with Crippen LogP contribution in [0.5, 0.6) is 0 Å². The summed E-state index contributed by atoms with van der Waals surface area (Å²) in [6.07, 6.45) is 0. The van der Waals surface area contributed by atoms with Crippen LogP contribution in [-0.4, -0.2) is 0 Å². The Morgan fingerprint density at radius 1 is 0.155 bits per heavy atom. The molecule has 0 saturated carbocycles. The molecule has 5 heteroatoms. The number of benzene rings is 11. The summed E-state index contributed by atoms with van der Waals surface area (Å²) in [4.78, 5) is 0. The van der Waals surface area contributed by atoms with Crippen molar-refractivity contribution in [2.45, 2.75) is 0 Å². The van der Waals surface area contributed by atoms with Crippen LogP contribution in [-0.2, 0) is 20.4 Å². The SMILES string of the molecule is [Pd].c1ccc(Pc2ccccc2)cc1.c1ccc([PH+](c2ccccc2)c2ccccc2)cc1.c1ccc([PH+](c2ccccc2)c2ccccc2)cc1.c1ccc([PH+](c2ccccc2)c2ccccc2)cc1. The van der Waals surface area contributed by atoms with Crippen LogP contribution in [0.15, 0.2) is 334 Å². The summed E-state index contributed by atoms with van der Waals surface area (Å²) in [5.41, 5.74) is 0. The van der Waals surface area contributed by atoms with E-state index in [4.69, 9.17) is 0 Å². The first-order valence-electron chi connectivity index (χ1n) is 23.8. The average Bonchev–Trinajstić information content (AvgIpc) is 3.45. The Balaban J connectivity index is 0.000000140. The predicted octanol–water partition coefficient (Wildman–Crippen LogP) is 11.8. The first-order valence-corrected chi connectivity index (χ1v) is 29.3. The summed E-state index contributed by atoms with van der Waals surface area (Å²) in [5.74, 6) is 0. The molecule has 11 rings (SSSR count). The maximum Gasteiger partial charge on any atom is 0.102 e. The van der Waals surface area contributed by atoms with Gasteiger partial charge in [-0.05, 0) is 120 Å². The number of hydrogen-bond acceptors (Lipinski definition) is 0. The third-order valence-electron chi connectivity index (χ3n) is 11.4. The van der Waals surface area contributed by atoms with Crippen LogP contribution < -0.4 is 58.3 Å². The van der Waals surface area contributed by atoms with Gasteiger partial charge in [-0.2, -0.15) is 0 Å². The Bertz CT molecular complexity index is 2470. The monoisotopic (exact) mass is 1080 g/mol. The van der Waals surface area contributed by atoms with Gasteiger partial charge in [0.2, 0.25) is 0 Å². The summed E-state index contributed by atoms with van der Waals surface area (Å²) in [6.45, 7) is 0. The minimum absolute atomic E-state index is 0. The molecule has 0 radical (unpaired) electrons. The molecule has 0 atom stereocenters. The van der Waals surface area contributed by atoms with Crippen LogP contribution in [0, 0.1) is 0 Å². The van der Waals surface area contributed by atoms with Crippen molar-refractivity contribution in [1.29, 1.82) is 0 Å². The Morgan fingerprint density at radius 3 is 0.394 bits per heavy atom. The molecule has 0 amide bonds. The van der Waals surface area contributed by atoms with E-state index in [0.717, 1.165) is 8.58 Å². The zero-order valence-corrected chi connectivity index (χ0v) is 45.1. The topological polar surface area (TPSA) is 0 Å². The van der Waals surface area contributed by atoms with E-state index in [0.29, 0.717) is 0 Å².